The third kappa shape index (κ3) is 4.67. The van der Waals surface area contributed by atoms with Gasteiger partial charge in [-0.15, -0.1) is 0 Å². The fourth-order valence-corrected chi connectivity index (χ4v) is 1.60. The van der Waals surface area contributed by atoms with Crippen LogP contribution in [0.5, 0.6) is 11.5 Å². The molecule has 0 unspecified atom stereocenters. The number of aldehydes is 2. The Labute approximate surface area is 135 Å². The molecule has 0 bridgehead atoms. The van der Waals surface area contributed by atoms with E-state index in [1.165, 1.54) is 24.3 Å². The number of benzene rings is 2. The summed E-state index contributed by atoms with van der Waals surface area (Å²) in [4.78, 5) is 41.3. The average molecular weight is 332 g/mol. The summed E-state index contributed by atoms with van der Waals surface area (Å²) in [5.41, 5.74) is -0.0744. The highest BCUT2D eigenvalue weighted by atomic mass is 16.4. The van der Waals surface area contributed by atoms with E-state index >= 15 is 0 Å². The van der Waals surface area contributed by atoms with E-state index in [0.717, 1.165) is 12.1 Å². The zero-order valence-corrected chi connectivity index (χ0v) is 12.0. The van der Waals surface area contributed by atoms with Crippen LogP contribution in [-0.4, -0.2) is 44.9 Å². The largest absolute Gasteiger partial charge is 0.507 e. The second-order valence-electron chi connectivity index (χ2n) is 4.40. The predicted molar refractivity (Wildman–Crippen MR) is 80.9 cm³/mol. The van der Waals surface area contributed by atoms with Gasteiger partial charge in [0.1, 0.15) is 35.2 Å². The quantitative estimate of drug-likeness (QED) is 0.619. The average Bonchev–Trinajstić information content (AvgIpc) is 2.56. The van der Waals surface area contributed by atoms with E-state index in [-0.39, 0.29) is 33.8 Å². The van der Waals surface area contributed by atoms with E-state index in [9.17, 15) is 19.2 Å². The van der Waals surface area contributed by atoms with Crippen molar-refractivity contribution in [2.24, 2.45) is 0 Å². The molecular formula is C16H12O8. The van der Waals surface area contributed by atoms with Crippen molar-refractivity contribution >= 4 is 24.5 Å². The predicted octanol–water partition coefficient (Wildman–Crippen LogP) is 1.81. The summed E-state index contributed by atoms with van der Waals surface area (Å²) in [6, 6.07) is 7.26. The number of aromatic carboxylic acids is 2. The Kier molecular flexibility index (Phi) is 6.19. The molecule has 0 heterocycles. The lowest BCUT2D eigenvalue weighted by molar-refractivity contribution is 0.0682. The van der Waals surface area contributed by atoms with Crippen molar-refractivity contribution in [3.05, 3.63) is 58.7 Å². The lowest BCUT2D eigenvalue weighted by Gasteiger charge is -1.98. The van der Waals surface area contributed by atoms with Gasteiger partial charge in [0.15, 0.2) is 0 Å². The number of phenols is 2. The molecule has 0 atom stereocenters. The standard InChI is InChI=1S/2C8H6O4/c2*9-4-5-1-2-7(10)6(3-5)8(11)12/h2*1-4,10H,(H,11,12). The fraction of sp³-hybridized carbons (Fsp3) is 0. The normalized spacial score (nSPS) is 9.33. The fourth-order valence-electron chi connectivity index (χ4n) is 1.60. The van der Waals surface area contributed by atoms with Crippen molar-refractivity contribution in [1.82, 2.24) is 0 Å². The van der Waals surface area contributed by atoms with Crippen LogP contribution in [0.15, 0.2) is 36.4 Å². The molecule has 0 aromatic heterocycles. The van der Waals surface area contributed by atoms with Crippen LogP contribution in [0.1, 0.15) is 41.4 Å². The molecule has 0 spiro atoms. The van der Waals surface area contributed by atoms with E-state index in [1.807, 2.05) is 0 Å². The number of carbonyl (C=O) groups is 4. The van der Waals surface area contributed by atoms with Gasteiger partial charge in [-0.3, -0.25) is 9.59 Å². The molecule has 0 saturated carbocycles. The van der Waals surface area contributed by atoms with Gasteiger partial charge in [0.05, 0.1) is 0 Å². The first kappa shape index (κ1) is 18.4. The van der Waals surface area contributed by atoms with E-state index in [0.29, 0.717) is 12.6 Å². The molecule has 4 N–H and O–H groups in total. The Morgan fingerprint density at radius 3 is 1.29 bits per heavy atom. The minimum Gasteiger partial charge on any atom is -0.507 e. The van der Waals surface area contributed by atoms with E-state index < -0.39 is 11.9 Å². The number of carboxylic acid groups (broad SMARTS) is 2. The Morgan fingerprint density at radius 2 is 1.04 bits per heavy atom. The smallest absolute Gasteiger partial charge is 0.339 e. The molecule has 24 heavy (non-hydrogen) atoms. The van der Waals surface area contributed by atoms with Crippen molar-refractivity contribution in [3.8, 4) is 11.5 Å². The number of aromatic hydroxyl groups is 2. The summed E-state index contributed by atoms with van der Waals surface area (Å²) in [7, 11) is 0. The number of carboxylic acids is 2. The van der Waals surface area contributed by atoms with Gasteiger partial charge in [0, 0.05) is 11.1 Å². The van der Waals surface area contributed by atoms with Crippen LogP contribution < -0.4 is 0 Å². The van der Waals surface area contributed by atoms with Crippen LogP contribution in [0.25, 0.3) is 0 Å². The molecule has 0 saturated heterocycles. The number of carbonyl (C=O) groups excluding carboxylic acids is 2. The number of hydrogen-bond donors (Lipinski definition) is 4. The van der Waals surface area contributed by atoms with Crippen molar-refractivity contribution < 1.29 is 39.6 Å². The van der Waals surface area contributed by atoms with Gasteiger partial charge in [-0.2, -0.15) is 0 Å². The SMILES string of the molecule is O=Cc1ccc(O)c(C(=O)O)c1.O=Cc1ccc(O)c(C(=O)O)c1. The van der Waals surface area contributed by atoms with Gasteiger partial charge >= 0.3 is 11.9 Å². The highest BCUT2D eigenvalue weighted by Gasteiger charge is 2.09. The molecule has 0 aliphatic heterocycles. The maximum absolute atomic E-state index is 10.4. The molecular weight excluding hydrogens is 320 g/mol. The summed E-state index contributed by atoms with van der Waals surface area (Å²) in [6.45, 7) is 0. The van der Waals surface area contributed by atoms with Crippen molar-refractivity contribution in [2.45, 2.75) is 0 Å². The van der Waals surface area contributed by atoms with E-state index in [4.69, 9.17) is 20.4 Å². The summed E-state index contributed by atoms with van der Waals surface area (Å²) in [5, 5.41) is 35.0. The Hall–Kier alpha value is -3.68. The second-order valence-corrected chi connectivity index (χ2v) is 4.40. The molecule has 0 aliphatic carbocycles. The minimum atomic E-state index is -1.25. The topological polar surface area (TPSA) is 149 Å². The van der Waals surface area contributed by atoms with Crippen LogP contribution >= 0.6 is 0 Å². The lowest BCUT2D eigenvalue weighted by atomic mass is 10.1. The Bertz CT molecular complexity index is 727. The van der Waals surface area contributed by atoms with Gasteiger partial charge in [-0.05, 0) is 36.4 Å². The van der Waals surface area contributed by atoms with Gasteiger partial charge in [-0.1, -0.05) is 0 Å². The monoisotopic (exact) mass is 332 g/mol. The molecule has 8 nitrogen and oxygen atoms in total. The van der Waals surface area contributed by atoms with E-state index in [1.54, 1.807) is 0 Å². The zero-order chi connectivity index (χ0) is 18.3. The first-order valence-corrected chi connectivity index (χ1v) is 6.33. The van der Waals surface area contributed by atoms with Gasteiger partial charge in [0.25, 0.3) is 0 Å². The number of hydrogen-bond acceptors (Lipinski definition) is 6. The summed E-state index contributed by atoms with van der Waals surface area (Å²) >= 11 is 0. The Morgan fingerprint density at radius 1 is 0.708 bits per heavy atom. The molecule has 124 valence electrons. The van der Waals surface area contributed by atoms with Crippen molar-refractivity contribution in [2.75, 3.05) is 0 Å². The minimum absolute atomic E-state index is 0.227. The molecule has 2 aromatic rings. The van der Waals surface area contributed by atoms with Gasteiger partial charge in [0.2, 0.25) is 0 Å². The molecule has 0 aliphatic rings. The van der Waals surface area contributed by atoms with Crippen LogP contribution in [0.2, 0.25) is 0 Å². The van der Waals surface area contributed by atoms with Crippen molar-refractivity contribution in [3.63, 3.8) is 0 Å². The first-order chi connectivity index (χ1) is 11.3. The first-order valence-electron chi connectivity index (χ1n) is 6.33. The number of rotatable bonds is 4. The van der Waals surface area contributed by atoms with Crippen LogP contribution in [0, 0.1) is 0 Å². The molecule has 0 amide bonds. The molecule has 0 fully saturated rings. The van der Waals surface area contributed by atoms with Crippen LogP contribution in [-0.2, 0) is 0 Å². The van der Waals surface area contributed by atoms with E-state index in [2.05, 4.69) is 0 Å². The maximum Gasteiger partial charge on any atom is 0.339 e. The molecule has 2 aromatic carbocycles. The highest BCUT2D eigenvalue weighted by molar-refractivity contribution is 5.93. The lowest BCUT2D eigenvalue weighted by Crippen LogP contribution is -1.97. The van der Waals surface area contributed by atoms with Crippen LogP contribution in [0.4, 0.5) is 0 Å². The second kappa shape index (κ2) is 8.08. The third-order valence-corrected chi connectivity index (χ3v) is 2.77. The van der Waals surface area contributed by atoms with Gasteiger partial charge < -0.3 is 20.4 Å². The maximum atomic E-state index is 10.4. The third-order valence-electron chi connectivity index (χ3n) is 2.77. The summed E-state index contributed by atoms with van der Waals surface area (Å²) < 4.78 is 0. The van der Waals surface area contributed by atoms with Gasteiger partial charge in [-0.25, -0.2) is 9.59 Å². The summed E-state index contributed by atoms with van der Waals surface area (Å²) in [5.74, 6) is -3.19. The molecule has 0 radical (unpaired) electrons. The molecule has 8 heteroatoms. The van der Waals surface area contributed by atoms with Crippen LogP contribution in [0.3, 0.4) is 0 Å². The summed E-state index contributed by atoms with van der Waals surface area (Å²) in [6.07, 6.45) is 1.04. The highest BCUT2D eigenvalue weighted by Crippen LogP contribution is 2.18. The molecule has 2 rings (SSSR count). The zero-order valence-electron chi connectivity index (χ0n) is 12.0. The Balaban J connectivity index is 0.000000240. The van der Waals surface area contributed by atoms with Crippen molar-refractivity contribution in [1.29, 1.82) is 0 Å².